The molecule has 1 aromatic rings. The zero-order valence-electron chi connectivity index (χ0n) is 34.9. The van der Waals surface area contributed by atoms with Crippen LogP contribution in [-0.4, -0.2) is 76.5 Å². The number of aromatic carboxylic acids is 1. The average molecular weight is 753 g/mol. The van der Waals surface area contributed by atoms with Crippen LogP contribution in [0.1, 0.15) is 141 Å². The normalized spacial score (nSPS) is 37.5. The number of aliphatic hydroxyl groups excluding tert-OH is 1. The van der Waals surface area contributed by atoms with Gasteiger partial charge in [-0.15, -0.1) is 0 Å². The molecule has 6 aliphatic carbocycles. The molecular formula is C48H68N2O5. The highest BCUT2D eigenvalue weighted by Crippen LogP contribution is 2.77. The summed E-state index contributed by atoms with van der Waals surface area (Å²) in [6.07, 6.45) is 14.0. The van der Waals surface area contributed by atoms with Gasteiger partial charge in [0.25, 0.3) is 0 Å². The third-order valence-electron chi connectivity index (χ3n) is 17.6. The monoisotopic (exact) mass is 753 g/mol. The Morgan fingerprint density at radius 3 is 2.22 bits per heavy atom. The SMILES string of the molecule is CC(C)C1=C2[C@H]3CC[C@@H]4[C@@]5(C)CC=C(c6ccc(C(=O)O)cc6)C(C)(C)[C@@H]5CC[C@@]4(C)[C@]3(C)CC[C@@]2([C@@H](O)CN(CC2CC2)C(=O)CN2CCCC2)CC1=O. The number of hydrogen-bond acceptors (Lipinski definition) is 5. The number of nitrogens with zero attached hydrogens (tertiary/aromatic N) is 2. The summed E-state index contributed by atoms with van der Waals surface area (Å²) < 4.78 is 0. The van der Waals surface area contributed by atoms with Crippen LogP contribution in [0.4, 0.5) is 0 Å². The Balaban J connectivity index is 1.11. The van der Waals surface area contributed by atoms with Crippen molar-refractivity contribution in [3.8, 4) is 0 Å². The fraction of sp³-hybridized carbons (Fsp3) is 0.729. The van der Waals surface area contributed by atoms with Crippen molar-refractivity contribution in [1.29, 1.82) is 0 Å². The molecule has 55 heavy (non-hydrogen) atoms. The van der Waals surface area contributed by atoms with E-state index in [0.29, 0.717) is 42.8 Å². The molecule has 0 bridgehead atoms. The minimum Gasteiger partial charge on any atom is -0.478 e. The van der Waals surface area contributed by atoms with E-state index in [4.69, 9.17) is 0 Å². The molecule has 1 saturated heterocycles. The molecule has 4 saturated carbocycles. The number of carbonyl (C=O) groups is 3. The molecule has 8 rings (SSSR count). The van der Waals surface area contributed by atoms with Crippen molar-refractivity contribution in [2.75, 3.05) is 32.7 Å². The minimum absolute atomic E-state index is 0.00667. The lowest BCUT2D eigenvalue weighted by molar-refractivity contribution is -0.200. The van der Waals surface area contributed by atoms with Crippen LogP contribution in [-0.2, 0) is 9.59 Å². The maximum Gasteiger partial charge on any atom is 0.335 e. The molecular weight excluding hydrogens is 685 g/mol. The van der Waals surface area contributed by atoms with Gasteiger partial charge in [0, 0.05) is 24.9 Å². The van der Waals surface area contributed by atoms with Crippen LogP contribution < -0.4 is 0 Å². The van der Waals surface area contributed by atoms with Gasteiger partial charge < -0.3 is 15.1 Å². The van der Waals surface area contributed by atoms with E-state index in [2.05, 4.69) is 59.4 Å². The van der Waals surface area contributed by atoms with Crippen LogP contribution in [0.5, 0.6) is 0 Å². The van der Waals surface area contributed by atoms with Crippen molar-refractivity contribution >= 4 is 23.2 Å². The van der Waals surface area contributed by atoms with Crippen molar-refractivity contribution in [2.24, 2.45) is 56.7 Å². The largest absolute Gasteiger partial charge is 0.478 e. The highest BCUT2D eigenvalue weighted by molar-refractivity contribution is 6.01. The molecule has 300 valence electrons. The lowest BCUT2D eigenvalue weighted by Crippen LogP contribution is -2.64. The first-order valence-electron chi connectivity index (χ1n) is 22.0. The number of carboxylic acid groups (broad SMARTS) is 1. The Hall–Kier alpha value is -2.77. The van der Waals surface area contributed by atoms with E-state index in [1.54, 1.807) is 12.1 Å². The summed E-state index contributed by atoms with van der Waals surface area (Å²) in [5, 5.41) is 22.1. The molecule has 7 nitrogen and oxygen atoms in total. The van der Waals surface area contributed by atoms with Gasteiger partial charge in [0.05, 0.1) is 18.2 Å². The number of hydrogen-bond donors (Lipinski definition) is 2. The molecule has 7 aliphatic rings. The first-order valence-corrected chi connectivity index (χ1v) is 22.0. The first-order chi connectivity index (χ1) is 26.0. The van der Waals surface area contributed by atoms with Gasteiger partial charge in [0.2, 0.25) is 5.91 Å². The van der Waals surface area contributed by atoms with E-state index >= 15 is 0 Å². The standard InChI is InChI=1S/C48H68N2O5/c1-30(2)41-36(51)26-48(39(52)28-50(27-31-10-11-31)40(53)29-49-24-8-9-25-49)23-22-46(6)35(42(41)48)16-17-38-45(5)20-18-34(32-12-14-33(15-13-32)43(54)55)44(3,4)37(45)19-21-47(38,46)7/h12-15,18,30-31,35,37-39,52H,8-11,16-17,19-29H2,1-7H3,(H,54,55)/t35-,37+,38-,39+,45+,46-,47-,48+/m1/s1. The van der Waals surface area contributed by atoms with Gasteiger partial charge >= 0.3 is 5.97 Å². The van der Waals surface area contributed by atoms with E-state index in [1.807, 2.05) is 17.0 Å². The van der Waals surface area contributed by atoms with Crippen LogP contribution >= 0.6 is 0 Å². The third-order valence-corrected chi connectivity index (χ3v) is 17.6. The Bertz CT molecular complexity index is 1780. The topological polar surface area (TPSA) is 98.2 Å². The quantitative estimate of drug-likeness (QED) is 0.248. The highest BCUT2D eigenvalue weighted by atomic mass is 16.4. The van der Waals surface area contributed by atoms with Crippen molar-refractivity contribution < 1.29 is 24.6 Å². The van der Waals surface area contributed by atoms with Crippen LogP contribution in [0.2, 0.25) is 0 Å². The second kappa shape index (κ2) is 13.7. The first kappa shape index (κ1) is 39.1. The lowest BCUT2D eigenvalue weighted by Gasteiger charge is -2.71. The number of ketones is 1. The Kier molecular flexibility index (Phi) is 9.71. The average Bonchev–Trinajstić information content (AvgIpc) is 3.68. The molecule has 5 fully saturated rings. The molecule has 1 aromatic carbocycles. The molecule has 7 heteroatoms. The number of fused-ring (bicyclic) bond motifs is 7. The predicted molar refractivity (Wildman–Crippen MR) is 217 cm³/mol. The number of carbonyl (C=O) groups excluding carboxylic acids is 2. The summed E-state index contributed by atoms with van der Waals surface area (Å²) >= 11 is 0. The smallest absolute Gasteiger partial charge is 0.335 e. The molecule has 0 unspecified atom stereocenters. The fourth-order valence-corrected chi connectivity index (χ4v) is 14.5. The summed E-state index contributed by atoms with van der Waals surface area (Å²) in [5.41, 5.74) is 4.61. The van der Waals surface area contributed by atoms with Crippen molar-refractivity contribution in [2.45, 2.75) is 132 Å². The van der Waals surface area contributed by atoms with Crippen LogP contribution in [0.3, 0.4) is 0 Å². The van der Waals surface area contributed by atoms with Crippen molar-refractivity contribution in [3.05, 3.63) is 52.6 Å². The highest BCUT2D eigenvalue weighted by Gasteiger charge is 2.70. The summed E-state index contributed by atoms with van der Waals surface area (Å²) in [6.45, 7) is 20.4. The zero-order valence-corrected chi connectivity index (χ0v) is 34.9. The molecule has 1 amide bonds. The number of rotatable bonds is 10. The molecule has 0 aromatic heterocycles. The Morgan fingerprint density at radius 1 is 0.891 bits per heavy atom. The van der Waals surface area contributed by atoms with Gasteiger partial charge in [0.1, 0.15) is 0 Å². The Morgan fingerprint density at radius 2 is 1.58 bits per heavy atom. The third kappa shape index (κ3) is 6.05. The second-order valence-electron chi connectivity index (χ2n) is 21.0. The predicted octanol–water partition coefficient (Wildman–Crippen LogP) is 9.05. The number of Topliss-reactive ketones (excluding diaryl/α,β-unsaturated/α-hetero) is 1. The van der Waals surface area contributed by atoms with E-state index in [0.717, 1.165) is 101 Å². The second-order valence-corrected chi connectivity index (χ2v) is 21.0. The van der Waals surface area contributed by atoms with E-state index in [1.165, 1.54) is 11.1 Å². The molecule has 8 atom stereocenters. The van der Waals surface area contributed by atoms with E-state index in [-0.39, 0.29) is 45.2 Å². The molecule has 0 spiro atoms. The van der Waals surface area contributed by atoms with E-state index in [9.17, 15) is 24.6 Å². The van der Waals surface area contributed by atoms with Crippen molar-refractivity contribution in [3.63, 3.8) is 0 Å². The molecule has 2 N–H and O–H groups in total. The number of benzene rings is 1. The maximum atomic E-state index is 14.3. The van der Waals surface area contributed by atoms with Crippen molar-refractivity contribution in [1.82, 2.24) is 9.80 Å². The van der Waals surface area contributed by atoms with Gasteiger partial charge in [0.15, 0.2) is 5.78 Å². The minimum atomic E-state index is -0.891. The number of carboxylic acids is 1. The number of allylic oxidation sites excluding steroid dienone is 3. The number of likely N-dealkylation sites (tertiary alicyclic amines) is 1. The maximum absolute atomic E-state index is 14.3. The number of aliphatic hydroxyl groups is 1. The Labute approximate surface area is 330 Å². The van der Waals surface area contributed by atoms with Gasteiger partial charge in [-0.3, -0.25) is 14.5 Å². The number of amides is 1. The molecule has 0 radical (unpaired) electrons. The fourth-order valence-electron chi connectivity index (χ4n) is 14.5. The summed E-state index contributed by atoms with van der Waals surface area (Å²) in [5.74, 6) is 1.39. The molecule has 1 heterocycles. The zero-order chi connectivity index (χ0) is 39.3. The van der Waals surface area contributed by atoms with E-state index < -0.39 is 17.5 Å². The summed E-state index contributed by atoms with van der Waals surface area (Å²) in [6, 6.07) is 7.49. The van der Waals surface area contributed by atoms with Crippen LogP contribution in [0.25, 0.3) is 5.57 Å². The lowest BCUT2D eigenvalue weighted by atomic mass is 9.33. The summed E-state index contributed by atoms with van der Waals surface area (Å²) in [4.78, 5) is 44.1. The van der Waals surface area contributed by atoms with Gasteiger partial charge in [-0.2, -0.15) is 0 Å². The van der Waals surface area contributed by atoms with Crippen LogP contribution in [0.15, 0.2) is 41.5 Å². The van der Waals surface area contributed by atoms with Crippen LogP contribution in [0, 0.1) is 56.7 Å². The summed E-state index contributed by atoms with van der Waals surface area (Å²) in [7, 11) is 0. The van der Waals surface area contributed by atoms with Gasteiger partial charge in [-0.25, -0.2) is 4.79 Å². The van der Waals surface area contributed by atoms with Gasteiger partial charge in [-0.1, -0.05) is 72.2 Å². The van der Waals surface area contributed by atoms with Gasteiger partial charge in [-0.05, 0) is 164 Å². The molecule has 1 aliphatic heterocycles.